The van der Waals surface area contributed by atoms with Gasteiger partial charge in [-0.05, 0) is 17.7 Å². The highest BCUT2D eigenvalue weighted by molar-refractivity contribution is 6.42. The van der Waals surface area contributed by atoms with E-state index in [2.05, 4.69) is 4.98 Å². The first-order valence-corrected chi connectivity index (χ1v) is 5.99. The lowest BCUT2D eigenvalue weighted by Gasteiger charge is -2.07. The molecular formula is C11H9Cl3N2. The second-order valence-corrected chi connectivity index (χ2v) is 4.44. The largest absolute Gasteiger partial charge is 0.330 e. The second kappa shape index (κ2) is 5.09. The predicted molar refractivity (Wildman–Crippen MR) is 67.3 cm³/mol. The van der Waals surface area contributed by atoms with Crippen molar-refractivity contribution in [2.45, 2.75) is 12.4 Å². The van der Waals surface area contributed by atoms with Crippen LogP contribution in [0.5, 0.6) is 0 Å². The lowest BCUT2D eigenvalue weighted by atomic mass is 10.2. The van der Waals surface area contributed by atoms with Crippen molar-refractivity contribution in [3.63, 3.8) is 0 Å². The third kappa shape index (κ3) is 2.51. The molecule has 0 aliphatic heterocycles. The van der Waals surface area contributed by atoms with Crippen LogP contribution in [0.4, 0.5) is 0 Å². The minimum absolute atomic E-state index is 0.397. The summed E-state index contributed by atoms with van der Waals surface area (Å²) < 4.78 is 1.98. The third-order valence-corrected chi connectivity index (χ3v) is 3.24. The van der Waals surface area contributed by atoms with Gasteiger partial charge in [-0.2, -0.15) is 0 Å². The van der Waals surface area contributed by atoms with Crippen LogP contribution in [0.3, 0.4) is 0 Å². The SMILES string of the molecule is ClCc1nccn1Cc1ccc(Cl)c(Cl)c1. The normalized spacial score (nSPS) is 10.7. The molecule has 0 spiro atoms. The Kier molecular flexibility index (Phi) is 3.74. The molecule has 0 amide bonds. The fraction of sp³-hybridized carbons (Fsp3) is 0.182. The van der Waals surface area contributed by atoms with E-state index in [1.54, 1.807) is 12.3 Å². The molecule has 0 bridgehead atoms. The molecule has 1 aromatic heterocycles. The van der Waals surface area contributed by atoms with Gasteiger partial charge in [0.15, 0.2) is 0 Å². The van der Waals surface area contributed by atoms with E-state index in [4.69, 9.17) is 34.8 Å². The van der Waals surface area contributed by atoms with Crippen molar-refractivity contribution >= 4 is 34.8 Å². The molecule has 0 atom stereocenters. The molecule has 0 saturated carbocycles. The van der Waals surface area contributed by atoms with Crippen LogP contribution in [0.25, 0.3) is 0 Å². The summed E-state index contributed by atoms with van der Waals surface area (Å²) in [7, 11) is 0. The second-order valence-electron chi connectivity index (χ2n) is 3.35. The minimum atomic E-state index is 0.397. The third-order valence-electron chi connectivity index (χ3n) is 2.26. The maximum Gasteiger partial charge on any atom is 0.123 e. The Bertz CT molecular complexity index is 494. The van der Waals surface area contributed by atoms with Gasteiger partial charge in [0, 0.05) is 18.9 Å². The number of halogens is 3. The van der Waals surface area contributed by atoms with Crippen molar-refractivity contribution < 1.29 is 0 Å². The minimum Gasteiger partial charge on any atom is -0.330 e. The highest BCUT2D eigenvalue weighted by Gasteiger charge is 2.04. The van der Waals surface area contributed by atoms with Gasteiger partial charge in [0.25, 0.3) is 0 Å². The van der Waals surface area contributed by atoms with Crippen LogP contribution in [-0.2, 0) is 12.4 Å². The number of benzene rings is 1. The number of alkyl halides is 1. The summed E-state index contributed by atoms with van der Waals surface area (Å²) in [5.74, 6) is 1.24. The van der Waals surface area contributed by atoms with Crippen molar-refractivity contribution in [3.8, 4) is 0 Å². The highest BCUT2D eigenvalue weighted by Crippen LogP contribution is 2.23. The van der Waals surface area contributed by atoms with Crippen LogP contribution in [0, 0.1) is 0 Å². The number of rotatable bonds is 3. The maximum absolute atomic E-state index is 5.94. The Morgan fingerprint density at radius 1 is 1.19 bits per heavy atom. The van der Waals surface area contributed by atoms with Crippen LogP contribution in [-0.4, -0.2) is 9.55 Å². The molecule has 2 aromatic rings. The van der Waals surface area contributed by atoms with E-state index >= 15 is 0 Å². The van der Waals surface area contributed by atoms with Crippen molar-refractivity contribution in [1.82, 2.24) is 9.55 Å². The number of hydrogen-bond acceptors (Lipinski definition) is 1. The Morgan fingerprint density at radius 3 is 2.69 bits per heavy atom. The molecule has 16 heavy (non-hydrogen) atoms. The van der Waals surface area contributed by atoms with E-state index < -0.39 is 0 Å². The first-order valence-electron chi connectivity index (χ1n) is 4.70. The molecule has 84 valence electrons. The molecule has 0 fully saturated rings. The molecule has 1 aromatic carbocycles. The molecule has 0 unspecified atom stereocenters. The zero-order valence-corrected chi connectivity index (χ0v) is 10.6. The van der Waals surface area contributed by atoms with Crippen molar-refractivity contribution in [2.24, 2.45) is 0 Å². The van der Waals surface area contributed by atoms with Crippen LogP contribution in [0.1, 0.15) is 11.4 Å². The lowest BCUT2D eigenvalue weighted by molar-refractivity contribution is 0.755. The van der Waals surface area contributed by atoms with Crippen molar-refractivity contribution in [1.29, 1.82) is 0 Å². The number of aromatic nitrogens is 2. The van der Waals surface area contributed by atoms with Crippen LogP contribution in [0.15, 0.2) is 30.6 Å². The fourth-order valence-electron chi connectivity index (χ4n) is 1.45. The topological polar surface area (TPSA) is 17.8 Å². The fourth-order valence-corrected chi connectivity index (χ4v) is 1.99. The molecule has 1 heterocycles. The van der Waals surface area contributed by atoms with Gasteiger partial charge in [0.05, 0.1) is 15.9 Å². The summed E-state index contributed by atoms with van der Waals surface area (Å²) in [6.45, 7) is 0.693. The molecule has 5 heteroatoms. The average Bonchev–Trinajstić information content (AvgIpc) is 2.71. The number of nitrogens with zero attached hydrogens (tertiary/aromatic N) is 2. The highest BCUT2D eigenvalue weighted by atomic mass is 35.5. The molecule has 0 radical (unpaired) electrons. The molecule has 2 rings (SSSR count). The van der Waals surface area contributed by atoms with Crippen molar-refractivity contribution in [2.75, 3.05) is 0 Å². The zero-order valence-electron chi connectivity index (χ0n) is 8.33. The van der Waals surface area contributed by atoms with Crippen molar-refractivity contribution in [3.05, 3.63) is 52.0 Å². The first kappa shape index (κ1) is 11.8. The van der Waals surface area contributed by atoms with Crippen LogP contribution in [0.2, 0.25) is 10.0 Å². The van der Waals surface area contributed by atoms with Gasteiger partial charge < -0.3 is 4.57 Å². The van der Waals surface area contributed by atoms with E-state index in [1.165, 1.54) is 0 Å². The van der Waals surface area contributed by atoms with Gasteiger partial charge >= 0.3 is 0 Å². The van der Waals surface area contributed by atoms with E-state index in [0.29, 0.717) is 22.5 Å². The van der Waals surface area contributed by atoms with E-state index in [-0.39, 0.29) is 0 Å². The van der Waals surface area contributed by atoms with E-state index in [9.17, 15) is 0 Å². The summed E-state index contributed by atoms with van der Waals surface area (Å²) in [6, 6.07) is 5.57. The van der Waals surface area contributed by atoms with Gasteiger partial charge in [-0.25, -0.2) is 4.98 Å². The van der Waals surface area contributed by atoms with Crippen LogP contribution >= 0.6 is 34.8 Å². The van der Waals surface area contributed by atoms with Gasteiger partial charge in [-0.15, -0.1) is 11.6 Å². The lowest BCUT2D eigenvalue weighted by Crippen LogP contribution is -2.02. The quantitative estimate of drug-likeness (QED) is 0.775. The summed E-state index contributed by atoms with van der Waals surface area (Å²) in [5, 5.41) is 1.13. The first-order chi connectivity index (χ1) is 7.70. The van der Waals surface area contributed by atoms with Crippen LogP contribution < -0.4 is 0 Å². The van der Waals surface area contributed by atoms with Gasteiger partial charge in [0.1, 0.15) is 5.82 Å². The molecule has 0 aliphatic rings. The molecule has 0 saturated heterocycles. The maximum atomic E-state index is 5.94. The Labute approximate surface area is 109 Å². The molecule has 0 aliphatic carbocycles. The molecule has 0 N–H and O–H groups in total. The predicted octanol–water partition coefficient (Wildman–Crippen LogP) is 3.98. The molecular weight excluding hydrogens is 266 g/mol. The number of imidazole rings is 1. The van der Waals surface area contributed by atoms with Gasteiger partial charge in [0.2, 0.25) is 0 Å². The zero-order chi connectivity index (χ0) is 11.5. The Balaban J connectivity index is 2.24. The Morgan fingerprint density at radius 2 is 2.00 bits per heavy atom. The van der Waals surface area contributed by atoms with E-state index in [1.807, 2.05) is 22.9 Å². The summed E-state index contributed by atoms with van der Waals surface area (Å²) in [4.78, 5) is 4.14. The molecule has 2 nitrogen and oxygen atoms in total. The monoisotopic (exact) mass is 274 g/mol. The summed E-state index contributed by atoms with van der Waals surface area (Å²) in [6.07, 6.45) is 3.62. The average molecular weight is 276 g/mol. The Hall–Kier alpha value is -0.700. The summed E-state index contributed by atoms with van der Waals surface area (Å²) in [5.41, 5.74) is 1.07. The standard InChI is InChI=1S/C11H9Cl3N2/c12-6-11-15-3-4-16(11)7-8-1-2-9(13)10(14)5-8/h1-5H,6-7H2. The van der Waals surface area contributed by atoms with Gasteiger partial charge in [-0.3, -0.25) is 0 Å². The number of hydrogen-bond donors (Lipinski definition) is 0. The van der Waals surface area contributed by atoms with E-state index in [0.717, 1.165) is 11.4 Å². The van der Waals surface area contributed by atoms with Gasteiger partial charge in [-0.1, -0.05) is 29.3 Å². The smallest absolute Gasteiger partial charge is 0.123 e. The summed E-state index contributed by atoms with van der Waals surface area (Å²) >= 11 is 17.6.